The number of carbonyl (C=O) groups is 2. The number of benzene rings is 2. The van der Waals surface area contributed by atoms with Gasteiger partial charge in [-0.2, -0.15) is 0 Å². The maximum absolute atomic E-state index is 13.2. The molecule has 4 nitrogen and oxygen atoms in total. The fourth-order valence-electron chi connectivity index (χ4n) is 3.87. The number of halogens is 1. The Morgan fingerprint density at radius 2 is 1.81 bits per heavy atom. The summed E-state index contributed by atoms with van der Waals surface area (Å²) in [6.45, 7) is 4.34. The van der Waals surface area contributed by atoms with Crippen LogP contribution in [0.4, 0.5) is 0 Å². The summed E-state index contributed by atoms with van der Waals surface area (Å²) in [6.07, 6.45) is 4.40. The van der Waals surface area contributed by atoms with Crippen LogP contribution in [0.25, 0.3) is 0 Å². The summed E-state index contributed by atoms with van der Waals surface area (Å²) in [5.74, 6) is 1.06. The highest BCUT2D eigenvalue weighted by Gasteiger charge is 2.28. The maximum atomic E-state index is 13.2. The van der Waals surface area contributed by atoms with Gasteiger partial charge in [-0.05, 0) is 55.5 Å². The van der Waals surface area contributed by atoms with Crippen LogP contribution in [-0.2, 0) is 21.9 Å². The zero-order valence-electron chi connectivity index (χ0n) is 18.3. The second-order valence-corrected chi connectivity index (χ2v) is 10.1. The molecule has 0 bridgehead atoms. The van der Waals surface area contributed by atoms with E-state index in [9.17, 15) is 9.59 Å². The Labute approximate surface area is 198 Å². The molecule has 166 valence electrons. The number of nitrogens with zero attached hydrogens (tertiary/aromatic N) is 1. The maximum Gasteiger partial charge on any atom is 0.242 e. The minimum atomic E-state index is -0.499. The third-order valence-electron chi connectivity index (χ3n) is 5.88. The van der Waals surface area contributed by atoms with Gasteiger partial charge in [0.1, 0.15) is 6.04 Å². The van der Waals surface area contributed by atoms with Gasteiger partial charge in [0.05, 0.1) is 5.75 Å². The smallest absolute Gasteiger partial charge is 0.242 e. The highest BCUT2D eigenvalue weighted by atomic mass is 79.9. The van der Waals surface area contributed by atoms with Crippen LogP contribution in [-0.4, -0.2) is 34.6 Å². The predicted molar refractivity (Wildman–Crippen MR) is 132 cm³/mol. The SMILES string of the molecule is Cc1ccccc1CN(C(=O)CSCc1ccc(Br)cc1)[C@H](C)C(=O)NC1CCCC1. The third kappa shape index (κ3) is 7.11. The zero-order valence-corrected chi connectivity index (χ0v) is 20.7. The van der Waals surface area contributed by atoms with Crippen LogP contribution in [0.3, 0.4) is 0 Å². The minimum absolute atomic E-state index is 0.000522. The normalized spacial score (nSPS) is 14.9. The molecule has 1 aliphatic rings. The van der Waals surface area contributed by atoms with Crippen LogP contribution < -0.4 is 5.32 Å². The number of aryl methyl sites for hydroxylation is 1. The van der Waals surface area contributed by atoms with Crippen LogP contribution in [0.2, 0.25) is 0 Å². The van der Waals surface area contributed by atoms with Gasteiger partial charge < -0.3 is 10.2 Å². The lowest BCUT2D eigenvalue weighted by Gasteiger charge is -2.30. The molecule has 6 heteroatoms. The fourth-order valence-corrected chi connectivity index (χ4v) is 5.00. The summed E-state index contributed by atoms with van der Waals surface area (Å²) >= 11 is 5.04. The Balaban J connectivity index is 1.66. The summed E-state index contributed by atoms with van der Waals surface area (Å²) in [5, 5.41) is 3.16. The largest absolute Gasteiger partial charge is 0.352 e. The van der Waals surface area contributed by atoms with E-state index in [0.29, 0.717) is 12.3 Å². The van der Waals surface area contributed by atoms with Crippen molar-refractivity contribution in [2.45, 2.75) is 63.9 Å². The van der Waals surface area contributed by atoms with Gasteiger partial charge in [-0.25, -0.2) is 0 Å². The Hall–Kier alpha value is -1.79. The standard InChI is InChI=1S/C25H31BrN2O2S/c1-18-7-3-4-8-21(18)15-28(19(2)25(30)27-23-9-5-6-10-23)24(29)17-31-16-20-11-13-22(26)14-12-20/h3-4,7-8,11-14,19,23H,5-6,9-10,15-17H2,1-2H3,(H,27,30)/t19-/m1/s1. The van der Waals surface area contributed by atoms with E-state index in [4.69, 9.17) is 0 Å². The number of carbonyl (C=O) groups excluding carboxylic acids is 2. The van der Waals surface area contributed by atoms with Crippen molar-refractivity contribution in [3.63, 3.8) is 0 Å². The van der Waals surface area contributed by atoms with E-state index in [1.165, 1.54) is 5.56 Å². The molecule has 0 spiro atoms. The molecule has 1 aliphatic carbocycles. The van der Waals surface area contributed by atoms with Crippen LogP contribution in [0.5, 0.6) is 0 Å². The molecule has 1 N–H and O–H groups in total. The second kappa shape index (κ2) is 11.7. The van der Waals surface area contributed by atoms with Crippen LogP contribution >= 0.6 is 27.7 Å². The Morgan fingerprint density at radius 3 is 2.48 bits per heavy atom. The molecule has 1 fully saturated rings. The van der Waals surface area contributed by atoms with Crippen molar-refractivity contribution in [2.24, 2.45) is 0 Å². The molecular formula is C25H31BrN2O2S. The first-order chi connectivity index (χ1) is 14.9. The molecule has 0 unspecified atom stereocenters. The lowest BCUT2D eigenvalue weighted by Crippen LogP contribution is -2.50. The van der Waals surface area contributed by atoms with E-state index < -0.39 is 6.04 Å². The van der Waals surface area contributed by atoms with Gasteiger partial charge in [-0.15, -0.1) is 11.8 Å². The average Bonchev–Trinajstić information content (AvgIpc) is 3.27. The lowest BCUT2D eigenvalue weighted by atomic mass is 10.1. The summed E-state index contributed by atoms with van der Waals surface area (Å²) in [7, 11) is 0. The molecule has 1 saturated carbocycles. The topological polar surface area (TPSA) is 49.4 Å². The molecule has 3 rings (SSSR count). The van der Waals surface area contributed by atoms with Crippen molar-refractivity contribution >= 4 is 39.5 Å². The Kier molecular flexibility index (Phi) is 9.02. The number of amides is 2. The van der Waals surface area contributed by atoms with Gasteiger partial charge in [-0.1, -0.05) is 65.2 Å². The van der Waals surface area contributed by atoms with Crippen molar-refractivity contribution in [3.05, 3.63) is 69.7 Å². The molecule has 0 aromatic heterocycles. The number of thioether (sulfide) groups is 1. The molecule has 0 saturated heterocycles. The van der Waals surface area contributed by atoms with E-state index >= 15 is 0 Å². The van der Waals surface area contributed by atoms with Crippen molar-refractivity contribution in [1.29, 1.82) is 0 Å². The van der Waals surface area contributed by atoms with Gasteiger partial charge in [0.15, 0.2) is 0 Å². The van der Waals surface area contributed by atoms with Gasteiger partial charge in [0.25, 0.3) is 0 Å². The first-order valence-corrected chi connectivity index (χ1v) is 12.9. The van der Waals surface area contributed by atoms with Gasteiger partial charge in [0.2, 0.25) is 11.8 Å². The minimum Gasteiger partial charge on any atom is -0.352 e. The quantitative estimate of drug-likeness (QED) is 0.494. The number of hydrogen-bond donors (Lipinski definition) is 1. The van der Waals surface area contributed by atoms with E-state index in [1.54, 1.807) is 16.7 Å². The monoisotopic (exact) mass is 502 g/mol. The van der Waals surface area contributed by atoms with Crippen molar-refractivity contribution in [3.8, 4) is 0 Å². The molecule has 31 heavy (non-hydrogen) atoms. The van der Waals surface area contributed by atoms with E-state index in [1.807, 2.05) is 50.2 Å². The van der Waals surface area contributed by atoms with Crippen LogP contribution in [0, 0.1) is 6.92 Å². The van der Waals surface area contributed by atoms with Crippen molar-refractivity contribution in [2.75, 3.05) is 5.75 Å². The molecule has 0 heterocycles. The molecule has 0 aliphatic heterocycles. The second-order valence-electron chi connectivity index (χ2n) is 8.23. The number of rotatable bonds is 9. The summed E-state index contributed by atoms with van der Waals surface area (Å²) in [4.78, 5) is 27.9. The van der Waals surface area contributed by atoms with Gasteiger partial charge >= 0.3 is 0 Å². The lowest BCUT2D eigenvalue weighted by molar-refractivity contribution is -0.139. The summed E-state index contributed by atoms with van der Waals surface area (Å²) in [5.41, 5.74) is 3.39. The highest BCUT2D eigenvalue weighted by molar-refractivity contribution is 9.10. The molecule has 1 atom stereocenters. The highest BCUT2D eigenvalue weighted by Crippen LogP contribution is 2.21. The Bertz CT molecular complexity index is 881. The fraction of sp³-hybridized carbons (Fsp3) is 0.440. The van der Waals surface area contributed by atoms with Gasteiger partial charge in [-0.3, -0.25) is 9.59 Å². The molecule has 0 radical (unpaired) electrons. The number of hydrogen-bond acceptors (Lipinski definition) is 3. The van der Waals surface area contributed by atoms with Crippen LogP contribution in [0.1, 0.15) is 49.3 Å². The van der Waals surface area contributed by atoms with Crippen molar-refractivity contribution in [1.82, 2.24) is 10.2 Å². The zero-order chi connectivity index (χ0) is 22.2. The van der Waals surface area contributed by atoms with E-state index in [-0.39, 0.29) is 17.9 Å². The van der Waals surface area contributed by atoms with E-state index in [2.05, 4.69) is 33.4 Å². The first-order valence-electron chi connectivity index (χ1n) is 10.9. The van der Waals surface area contributed by atoms with Gasteiger partial charge in [0, 0.05) is 22.8 Å². The van der Waals surface area contributed by atoms with Crippen molar-refractivity contribution < 1.29 is 9.59 Å². The predicted octanol–water partition coefficient (Wildman–Crippen LogP) is 5.47. The molecule has 2 amide bonds. The molecular weight excluding hydrogens is 472 g/mol. The number of nitrogens with one attached hydrogen (secondary N) is 1. The summed E-state index contributed by atoms with van der Waals surface area (Å²) in [6, 6.07) is 15.9. The molecule has 2 aromatic carbocycles. The van der Waals surface area contributed by atoms with Crippen LogP contribution in [0.15, 0.2) is 53.0 Å². The third-order valence-corrected chi connectivity index (χ3v) is 7.40. The first kappa shape index (κ1) is 23.9. The Morgan fingerprint density at radius 1 is 1.13 bits per heavy atom. The summed E-state index contributed by atoms with van der Waals surface area (Å²) < 4.78 is 1.05. The molecule has 2 aromatic rings. The van der Waals surface area contributed by atoms with E-state index in [0.717, 1.165) is 47.0 Å². The average molecular weight is 504 g/mol.